The highest BCUT2D eigenvalue weighted by molar-refractivity contribution is 6.31. The molecule has 0 saturated heterocycles. The van der Waals surface area contributed by atoms with Gasteiger partial charge in [0.25, 0.3) is 0 Å². The van der Waals surface area contributed by atoms with Crippen molar-refractivity contribution in [2.75, 3.05) is 5.32 Å². The fraction of sp³-hybridized carbons (Fsp3) is 0.125. The summed E-state index contributed by atoms with van der Waals surface area (Å²) in [7, 11) is 0. The van der Waals surface area contributed by atoms with E-state index < -0.39 is 0 Å². The Morgan fingerprint density at radius 2 is 1.95 bits per heavy atom. The Balaban J connectivity index is 1.99. The van der Waals surface area contributed by atoms with Crippen LogP contribution in [0.1, 0.15) is 27.0 Å². The van der Waals surface area contributed by atoms with Crippen molar-refractivity contribution in [3.63, 3.8) is 0 Å². The van der Waals surface area contributed by atoms with Crippen molar-refractivity contribution in [3.05, 3.63) is 63.7 Å². The van der Waals surface area contributed by atoms with Crippen LogP contribution in [0.15, 0.2) is 36.4 Å². The lowest BCUT2D eigenvalue weighted by Crippen LogP contribution is -2.03. The summed E-state index contributed by atoms with van der Waals surface area (Å²) in [5, 5.41) is 3.30. The van der Waals surface area contributed by atoms with E-state index in [4.69, 9.17) is 11.6 Å². The molecule has 0 saturated carbocycles. The summed E-state index contributed by atoms with van der Waals surface area (Å²) in [5.41, 5.74) is 3.72. The number of amides is 1. The summed E-state index contributed by atoms with van der Waals surface area (Å²) in [6, 6.07) is 10.5. The van der Waals surface area contributed by atoms with Crippen LogP contribution in [0.2, 0.25) is 5.02 Å². The second-order valence-corrected chi connectivity index (χ2v) is 5.38. The van der Waals surface area contributed by atoms with Gasteiger partial charge in [0.1, 0.15) is 0 Å². The van der Waals surface area contributed by atoms with Crippen LogP contribution in [0.25, 0.3) is 0 Å². The van der Waals surface area contributed by atoms with Gasteiger partial charge in [-0.25, -0.2) is 0 Å². The van der Waals surface area contributed by atoms with Gasteiger partial charge in [-0.15, -0.1) is 0 Å². The third-order valence-corrected chi connectivity index (χ3v) is 3.52. The van der Waals surface area contributed by atoms with Crippen molar-refractivity contribution in [2.24, 2.45) is 0 Å². The van der Waals surface area contributed by atoms with Gasteiger partial charge in [-0.3, -0.25) is 9.59 Å². The van der Waals surface area contributed by atoms with Gasteiger partial charge in [0, 0.05) is 21.8 Å². The lowest BCUT2D eigenvalue weighted by molar-refractivity contribution is -0.115. The summed E-state index contributed by atoms with van der Waals surface area (Å²) < 4.78 is 0. The molecule has 1 N–H and O–H groups in total. The number of benzene rings is 2. The van der Waals surface area contributed by atoms with Crippen LogP contribution >= 0.6 is 11.6 Å². The molecule has 1 aliphatic heterocycles. The maximum atomic E-state index is 12.5. The Kier molecular flexibility index (Phi) is 3.07. The number of aryl methyl sites for hydroxylation is 1. The molecule has 0 aromatic heterocycles. The molecule has 3 nitrogen and oxygen atoms in total. The van der Waals surface area contributed by atoms with E-state index >= 15 is 0 Å². The predicted molar refractivity (Wildman–Crippen MR) is 78.4 cm³/mol. The van der Waals surface area contributed by atoms with Crippen molar-refractivity contribution in [1.82, 2.24) is 0 Å². The van der Waals surface area contributed by atoms with Gasteiger partial charge < -0.3 is 5.32 Å². The van der Waals surface area contributed by atoms with Crippen LogP contribution in [0, 0.1) is 6.92 Å². The highest BCUT2D eigenvalue weighted by Gasteiger charge is 2.19. The monoisotopic (exact) mass is 285 g/mol. The second-order valence-electron chi connectivity index (χ2n) is 4.94. The molecule has 1 heterocycles. The number of anilines is 1. The molecule has 0 radical (unpaired) electrons. The van der Waals surface area contributed by atoms with Crippen molar-refractivity contribution in [2.45, 2.75) is 13.3 Å². The predicted octanol–water partition coefficient (Wildman–Crippen LogP) is 3.37. The fourth-order valence-electron chi connectivity index (χ4n) is 2.40. The zero-order valence-electron chi connectivity index (χ0n) is 10.9. The molecule has 0 atom stereocenters. The van der Waals surface area contributed by atoms with Crippen LogP contribution in [-0.2, 0) is 11.2 Å². The minimum Gasteiger partial charge on any atom is -0.326 e. The summed E-state index contributed by atoms with van der Waals surface area (Å²) >= 11 is 5.99. The largest absolute Gasteiger partial charge is 0.326 e. The number of ketones is 1. The average molecular weight is 286 g/mol. The Morgan fingerprint density at radius 3 is 2.70 bits per heavy atom. The van der Waals surface area contributed by atoms with E-state index in [1.807, 2.05) is 19.1 Å². The molecule has 4 heteroatoms. The van der Waals surface area contributed by atoms with Gasteiger partial charge in [-0.05, 0) is 54.4 Å². The minimum atomic E-state index is -0.0854. The average Bonchev–Trinajstić information content (AvgIpc) is 2.75. The first kappa shape index (κ1) is 12.9. The zero-order valence-corrected chi connectivity index (χ0v) is 11.6. The molecule has 2 aromatic rings. The van der Waals surface area contributed by atoms with Gasteiger partial charge in [-0.1, -0.05) is 11.6 Å². The van der Waals surface area contributed by atoms with E-state index in [2.05, 4.69) is 5.32 Å². The molecule has 3 rings (SSSR count). The molecule has 0 bridgehead atoms. The number of nitrogens with one attached hydrogen (secondary N) is 1. The van der Waals surface area contributed by atoms with Crippen LogP contribution in [0.5, 0.6) is 0 Å². The highest BCUT2D eigenvalue weighted by atomic mass is 35.5. The number of carbonyl (C=O) groups is 2. The molecule has 1 amide bonds. The maximum Gasteiger partial charge on any atom is 0.228 e. The van der Waals surface area contributed by atoms with Crippen LogP contribution < -0.4 is 5.32 Å². The molecule has 1 aliphatic rings. The van der Waals surface area contributed by atoms with Gasteiger partial charge in [-0.2, -0.15) is 0 Å². The Morgan fingerprint density at radius 1 is 1.15 bits per heavy atom. The first-order valence-electron chi connectivity index (χ1n) is 6.27. The molecular formula is C16H12ClNO2. The topological polar surface area (TPSA) is 46.2 Å². The van der Waals surface area contributed by atoms with Gasteiger partial charge in [0.15, 0.2) is 5.78 Å². The standard InChI is InChI=1S/C16H12ClNO2/c1-9-4-12(7-13(17)5-9)16(20)10-2-3-14-11(6-10)8-15(19)18-14/h2-7H,8H2,1H3,(H,18,19). The Hall–Kier alpha value is -2.13. The van der Waals surface area contributed by atoms with Crippen molar-refractivity contribution < 1.29 is 9.59 Å². The number of hydrogen-bond acceptors (Lipinski definition) is 2. The summed E-state index contributed by atoms with van der Waals surface area (Å²) in [4.78, 5) is 23.8. The van der Waals surface area contributed by atoms with Crippen LogP contribution in [-0.4, -0.2) is 11.7 Å². The molecule has 0 unspecified atom stereocenters. The van der Waals surface area contributed by atoms with Gasteiger partial charge >= 0.3 is 0 Å². The number of rotatable bonds is 2. The number of carbonyl (C=O) groups excluding carboxylic acids is 2. The van der Waals surface area contributed by atoms with E-state index in [9.17, 15) is 9.59 Å². The molecule has 2 aromatic carbocycles. The minimum absolute atomic E-state index is 0.0387. The van der Waals surface area contributed by atoms with E-state index in [1.54, 1.807) is 24.3 Å². The van der Waals surface area contributed by atoms with E-state index in [-0.39, 0.29) is 11.7 Å². The quantitative estimate of drug-likeness (QED) is 0.860. The van der Waals surface area contributed by atoms with E-state index in [1.165, 1.54) is 0 Å². The maximum absolute atomic E-state index is 12.5. The lowest BCUT2D eigenvalue weighted by atomic mass is 9.99. The van der Waals surface area contributed by atoms with Crippen LogP contribution in [0.4, 0.5) is 5.69 Å². The van der Waals surface area contributed by atoms with Gasteiger partial charge in [0.05, 0.1) is 6.42 Å². The third kappa shape index (κ3) is 2.32. The third-order valence-electron chi connectivity index (χ3n) is 3.30. The smallest absolute Gasteiger partial charge is 0.228 e. The summed E-state index contributed by atoms with van der Waals surface area (Å²) in [6.45, 7) is 1.90. The second kappa shape index (κ2) is 4.76. The molecule has 0 aliphatic carbocycles. The molecule has 0 spiro atoms. The first-order valence-corrected chi connectivity index (χ1v) is 6.65. The van der Waals surface area contributed by atoms with E-state index in [0.29, 0.717) is 22.6 Å². The van der Waals surface area contributed by atoms with Crippen molar-refractivity contribution in [3.8, 4) is 0 Å². The van der Waals surface area contributed by atoms with Crippen molar-refractivity contribution in [1.29, 1.82) is 0 Å². The molecule has 100 valence electrons. The summed E-state index contributed by atoms with van der Waals surface area (Å²) in [5.74, 6) is -0.124. The number of fused-ring (bicyclic) bond motifs is 1. The molecule has 20 heavy (non-hydrogen) atoms. The number of halogens is 1. The first-order chi connectivity index (χ1) is 9.52. The zero-order chi connectivity index (χ0) is 14.3. The van der Waals surface area contributed by atoms with Crippen LogP contribution in [0.3, 0.4) is 0 Å². The highest BCUT2D eigenvalue weighted by Crippen LogP contribution is 2.25. The normalized spacial score (nSPS) is 13.0. The van der Waals surface area contributed by atoms with E-state index in [0.717, 1.165) is 16.8 Å². The van der Waals surface area contributed by atoms with Gasteiger partial charge in [0.2, 0.25) is 5.91 Å². The summed E-state index contributed by atoms with van der Waals surface area (Å²) in [6.07, 6.45) is 0.324. The number of hydrogen-bond donors (Lipinski definition) is 1. The molecule has 0 fully saturated rings. The Bertz CT molecular complexity index is 717. The molecular weight excluding hydrogens is 274 g/mol. The van der Waals surface area contributed by atoms with Crippen molar-refractivity contribution >= 4 is 29.0 Å². The Labute approximate surface area is 121 Å². The SMILES string of the molecule is Cc1cc(Cl)cc(C(=O)c2ccc3c(c2)CC(=O)N3)c1. The fourth-order valence-corrected chi connectivity index (χ4v) is 2.69. The lowest BCUT2D eigenvalue weighted by Gasteiger charge is -2.05.